The highest BCUT2D eigenvalue weighted by molar-refractivity contribution is 5.92. The van der Waals surface area contributed by atoms with Crippen molar-refractivity contribution < 1.29 is 24.2 Å². The maximum absolute atomic E-state index is 11.9. The zero-order chi connectivity index (χ0) is 19.4. The Bertz CT molecular complexity index is 919. The van der Waals surface area contributed by atoms with Crippen LogP contribution in [0.5, 0.6) is 5.75 Å². The minimum absolute atomic E-state index is 0.275. The number of hydrogen-bond acceptors (Lipinski definition) is 5. The maximum atomic E-state index is 11.9. The van der Waals surface area contributed by atoms with E-state index in [-0.39, 0.29) is 12.6 Å². The molecule has 1 saturated heterocycles. The molecular weight excluding hydrogens is 348 g/mol. The SMILES string of the molecule is COC(=O)c1ccc(OC2CCN(C(=O)O)C2)c(-c2cccc(C#N)c2)c1. The molecule has 1 aliphatic heterocycles. The average molecular weight is 366 g/mol. The van der Waals surface area contributed by atoms with Crippen LogP contribution in [0.4, 0.5) is 4.79 Å². The van der Waals surface area contributed by atoms with Crippen molar-refractivity contribution in [1.29, 1.82) is 5.26 Å². The first kappa shape index (κ1) is 18.3. The first-order valence-electron chi connectivity index (χ1n) is 8.39. The van der Waals surface area contributed by atoms with Crippen molar-refractivity contribution in [1.82, 2.24) is 4.90 Å². The number of methoxy groups -OCH3 is 1. The molecule has 1 heterocycles. The summed E-state index contributed by atoms with van der Waals surface area (Å²) in [7, 11) is 1.31. The van der Waals surface area contributed by atoms with Crippen LogP contribution >= 0.6 is 0 Å². The van der Waals surface area contributed by atoms with Crippen LogP contribution in [0.3, 0.4) is 0 Å². The summed E-state index contributed by atoms with van der Waals surface area (Å²) in [5.41, 5.74) is 2.22. The second-order valence-electron chi connectivity index (χ2n) is 6.15. The summed E-state index contributed by atoms with van der Waals surface area (Å²) in [4.78, 5) is 24.3. The Morgan fingerprint density at radius 3 is 2.74 bits per heavy atom. The van der Waals surface area contributed by atoms with Crippen LogP contribution in [0, 0.1) is 11.3 Å². The molecule has 3 rings (SSSR count). The van der Waals surface area contributed by atoms with E-state index in [9.17, 15) is 9.59 Å². The maximum Gasteiger partial charge on any atom is 0.407 e. The Kier molecular flexibility index (Phi) is 5.27. The lowest BCUT2D eigenvalue weighted by Crippen LogP contribution is -2.29. The molecule has 1 aliphatic rings. The fourth-order valence-corrected chi connectivity index (χ4v) is 3.04. The number of amides is 1. The lowest BCUT2D eigenvalue weighted by molar-refractivity contribution is 0.0600. The van der Waals surface area contributed by atoms with Crippen LogP contribution in [0.2, 0.25) is 0 Å². The average Bonchev–Trinajstić information content (AvgIpc) is 3.16. The van der Waals surface area contributed by atoms with E-state index in [4.69, 9.17) is 19.8 Å². The number of benzene rings is 2. The molecule has 2 aromatic rings. The monoisotopic (exact) mass is 366 g/mol. The quantitative estimate of drug-likeness (QED) is 0.835. The summed E-state index contributed by atoms with van der Waals surface area (Å²) in [6.45, 7) is 0.700. The van der Waals surface area contributed by atoms with E-state index >= 15 is 0 Å². The number of esters is 1. The third kappa shape index (κ3) is 4.01. The van der Waals surface area contributed by atoms with Gasteiger partial charge in [-0.15, -0.1) is 0 Å². The molecule has 0 saturated carbocycles. The van der Waals surface area contributed by atoms with Crippen LogP contribution in [-0.4, -0.2) is 48.4 Å². The first-order valence-corrected chi connectivity index (χ1v) is 8.39. The van der Waals surface area contributed by atoms with E-state index in [2.05, 4.69) is 6.07 Å². The molecule has 1 unspecified atom stereocenters. The van der Waals surface area contributed by atoms with Crippen molar-refractivity contribution in [3.05, 3.63) is 53.6 Å². The van der Waals surface area contributed by atoms with Gasteiger partial charge in [0.2, 0.25) is 0 Å². The highest BCUT2D eigenvalue weighted by Gasteiger charge is 2.28. The summed E-state index contributed by atoms with van der Waals surface area (Å²) in [6, 6.07) is 14.0. The van der Waals surface area contributed by atoms with Gasteiger partial charge in [0.05, 0.1) is 30.9 Å². The number of carboxylic acid groups (broad SMARTS) is 1. The minimum Gasteiger partial charge on any atom is -0.488 e. The Balaban J connectivity index is 1.96. The predicted molar refractivity (Wildman–Crippen MR) is 96.6 cm³/mol. The third-order valence-electron chi connectivity index (χ3n) is 4.41. The van der Waals surface area contributed by atoms with Gasteiger partial charge in [-0.2, -0.15) is 5.26 Å². The Labute approximate surface area is 156 Å². The fourth-order valence-electron chi connectivity index (χ4n) is 3.04. The second kappa shape index (κ2) is 7.79. The van der Waals surface area contributed by atoms with Crippen LogP contribution in [-0.2, 0) is 4.74 Å². The van der Waals surface area contributed by atoms with E-state index < -0.39 is 12.1 Å². The van der Waals surface area contributed by atoms with Crippen LogP contribution in [0.25, 0.3) is 11.1 Å². The largest absolute Gasteiger partial charge is 0.488 e. The summed E-state index contributed by atoms with van der Waals surface area (Å²) >= 11 is 0. The molecule has 138 valence electrons. The summed E-state index contributed by atoms with van der Waals surface area (Å²) in [5.74, 6) is 0.0483. The van der Waals surface area contributed by atoms with Crippen molar-refractivity contribution >= 4 is 12.1 Å². The summed E-state index contributed by atoms with van der Waals surface area (Å²) in [6.07, 6.45) is -0.657. The molecule has 1 fully saturated rings. The Morgan fingerprint density at radius 2 is 2.07 bits per heavy atom. The molecule has 1 atom stereocenters. The van der Waals surface area contributed by atoms with E-state index in [1.54, 1.807) is 36.4 Å². The van der Waals surface area contributed by atoms with E-state index in [0.717, 1.165) is 5.56 Å². The summed E-state index contributed by atoms with van der Waals surface area (Å²) in [5, 5.41) is 18.3. The van der Waals surface area contributed by atoms with Gasteiger partial charge in [0, 0.05) is 18.5 Å². The predicted octanol–water partition coefficient (Wildman–Crippen LogP) is 3.14. The molecular formula is C20H18N2O5. The van der Waals surface area contributed by atoms with Gasteiger partial charge in [0.25, 0.3) is 0 Å². The van der Waals surface area contributed by atoms with Crippen LogP contribution < -0.4 is 4.74 Å². The van der Waals surface area contributed by atoms with Crippen molar-refractivity contribution in [3.8, 4) is 22.9 Å². The van der Waals surface area contributed by atoms with Gasteiger partial charge in [-0.1, -0.05) is 12.1 Å². The molecule has 0 spiro atoms. The lowest BCUT2D eigenvalue weighted by Gasteiger charge is -2.18. The summed E-state index contributed by atoms with van der Waals surface area (Å²) < 4.78 is 10.8. The first-order chi connectivity index (χ1) is 13.0. The van der Waals surface area contributed by atoms with Gasteiger partial charge in [-0.25, -0.2) is 9.59 Å². The van der Waals surface area contributed by atoms with Gasteiger partial charge >= 0.3 is 12.1 Å². The number of hydrogen-bond donors (Lipinski definition) is 1. The van der Waals surface area contributed by atoms with E-state index in [1.807, 2.05) is 6.07 Å². The van der Waals surface area contributed by atoms with Gasteiger partial charge in [-0.05, 0) is 35.9 Å². The Morgan fingerprint density at radius 1 is 1.26 bits per heavy atom. The number of ether oxygens (including phenoxy) is 2. The lowest BCUT2D eigenvalue weighted by atomic mass is 10.00. The zero-order valence-electron chi connectivity index (χ0n) is 14.7. The zero-order valence-corrected chi connectivity index (χ0v) is 14.7. The van der Waals surface area contributed by atoms with Gasteiger partial charge in [0.1, 0.15) is 11.9 Å². The van der Waals surface area contributed by atoms with E-state index in [1.165, 1.54) is 12.0 Å². The molecule has 1 amide bonds. The minimum atomic E-state index is -0.968. The molecule has 7 heteroatoms. The molecule has 1 N–H and O–H groups in total. The molecule has 2 aromatic carbocycles. The molecule has 0 bridgehead atoms. The normalized spacial score (nSPS) is 15.9. The smallest absolute Gasteiger partial charge is 0.407 e. The molecule has 0 radical (unpaired) electrons. The topological polar surface area (TPSA) is 99.9 Å². The third-order valence-corrected chi connectivity index (χ3v) is 4.41. The van der Waals surface area contributed by atoms with Gasteiger partial charge in [-0.3, -0.25) is 0 Å². The number of likely N-dealkylation sites (tertiary alicyclic amines) is 1. The molecule has 7 nitrogen and oxygen atoms in total. The van der Waals surface area contributed by atoms with Crippen molar-refractivity contribution in [2.45, 2.75) is 12.5 Å². The number of carbonyl (C=O) groups excluding carboxylic acids is 1. The van der Waals surface area contributed by atoms with Gasteiger partial charge < -0.3 is 19.5 Å². The Hall–Kier alpha value is -3.53. The highest BCUT2D eigenvalue weighted by atomic mass is 16.5. The number of rotatable bonds is 4. The highest BCUT2D eigenvalue weighted by Crippen LogP contribution is 2.33. The van der Waals surface area contributed by atoms with Crippen LogP contribution in [0.15, 0.2) is 42.5 Å². The molecule has 0 aromatic heterocycles. The standard InChI is InChI=1S/C20H18N2O5/c1-26-19(23)15-5-6-18(27-16-7-8-22(12-16)20(24)25)17(10-15)14-4-2-3-13(9-14)11-21/h2-6,9-10,16H,7-8,12H2,1H3,(H,24,25). The van der Waals surface area contributed by atoms with E-state index in [0.29, 0.717) is 35.4 Å². The number of carbonyl (C=O) groups is 2. The van der Waals surface area contributed by atoms with Crippen LogP contribution in [0.1, 0.15) is 22.3 Å². The van der Waals surface area contributed by atoms with Crippen molar-refractivity contribution in [3.63, 3.8) is 0 Å². The van der Waals surface area contributed by atoms with Gasteiger partial charge in [0.15, 0.2) is 0 Å². The number of nitrogens with zero attached hydrogens (tertiary/aromatic N) is 2. The molecule has 0 aliphatic carbocycles. The second-order valence-corrected chi connectivity index (χ2v) is 6.15. The molecule has 27 heavy (non-hydrogen) atoms. The van der Waals surface area contributed by atoms with Crippen molar-refractivity contribution in [2.24, 2.45) is 0 Å². The van der Waals surface area contributed by atoms with Crippen molar-refractivity contribution in [2.75, 3.05) is 20.2 Å². The number of nitriles is 1. The fraction of sp³-hybridized carbons (Fsp3) is 0.250.